The van der Waals surface area contributed by atoms with Crippen LogP contribution in [0.3, 0.4) is 0 Å². The smallest absolute Gasteiger partial charge is 0.289 e. The summed E-state index contributed by atoms with van der Waals surface area (Å²) in [5.41, 5.74) is 0.247. The maximum atomic E-state index is 11.8. The highest BCUT2D eigenvalue weighted by molar-refractivity contribution is 6.30. The van der Waals surface area contributed by atoms with Gasteiger partial charge >= 0.3 is 0 Å². The summed E-state index contributed by atoms with van der Waals surface area (Å²) >= 11 is 5.69. The molecular weight excluding hydrogens is 270 g/mol. The van der Waals surface area contributed by atoms with Crippen LogP contribution in [0.5, 0.6) is 0 Å². The lowest BCUT2D eigenvalue weighted by molar-refractivity contribution is 0.0597. The van der Waals surface area contributed by atoms with Gasteiger partial charge in [-0.2, -0.15) is 0 Å². The lowest BCUT2D eigenvalue weighted by Gasteiger charge is -2.10. The maximum Gasteiger partial charge on any atom is 0.289 e. The molecule has 2 aromatic rings. The van der Waals surface area contributed by atoms with E-state index in [4.69, 9.17) is 16.0 Å². The summed E-state index contributed by atoms with van der Waals surface area (Å²) in [6.45, 7) is 0. The van der Waals surface area contributed by atoms with E-state index >= 15 is 0 Å². The molecule has 0 aliphatic heterocycles. The van der Waals surface area contributed by atoms with Crippen LogP contribution >= 0.6 is 11.6 Å². The van der Waals surface area contributed by atoms with Crippen molar-refractivity contribution in [2.75, 3.05) is 0 Å². The molecule has 2 N–H and O–H groups in total. The van der Waals surface area contributed by atoms with Crippen molar-refractivity contribution in [1.29, 1.82) is 0 Å². The van der Waals surface area contributed by atoms with Crippen LogP contribution in [0.15, 0.2) is 47.1 Å². The Morgan fingerprint density at radius 2 is 1.89 bits per heavy atom. The number of ketones is 1. The Labute approximate surface area is 113 Å². The maximum absolute atomic E-state index is 11.8. The zero-order chi connectivity index (χ0) is 13.8. The van der Waals surface area contributed by atoms with Crippen molar-refractivity contribution in [3.63, 3.8) is 0 Å². The lowest BCUT2D eigenvalue weighted by Crippen LogP contribution is -2.40. The molecule has 1 aromatic heterocycles. The van der Waals surface area contributed by atoms with E-state index in [0.717, 1.165) is 0 Å². The van der Waals surface area contributed by atoms with Crippen LogP contribution in [0.4, 0.5) is 0 Å². The number of Topliss-reactive ketones (excluding diaryl/α,β-unsaturated/α-hetero) is 1. The fourth-order valence-electron chi connectivity index (χ4n) is 1.44. The highest BCUT2D eigenvalue weighted by Gasteiger charge is 2.21. The predicted octanol–water partition coefficient (Wildman–Crippen LogP) is 1.86. The number of hydrogen-bond donors (Lipinski definition) is 2. The highest BCUT2D eigenvalue weighted by atomic mass is 35.5. The van der Waals surface area contributed by atoms with Crippen molar-refractivity contribution in [2.45, 2.75) is 6.23 Å². The van der Waals surface area contributed by atoms with Crippen molar-refractivity contribution < 1.29 is 19.1 Å². The van der Waals surface area contributed by atoms with E-state index in [-0.39, 0.29) is 11.3 Å². The number of hydrogen-bond acceptors (Lipinski definition) is 4. The summed E-state index contributed by atoms with van der Waals surface area (Å²) in [7, 11) is 0. The van der Waals surface area contributed by atoms with Crippen molar-refractivity contribution in [1.82, 2.24) is 5.32 Å². The number of halogens is 1. The topological polar surface area (TPSA) is 79.5 Å². The predicted molar refractivity (Wildman–Crippen MR) is 68.0 cm³/mol. The Morgan fingerprint density at radius 3 is 2.47 bits per heavy atom. The van der Waals surface area contributed by atoms with Crippen LogP contribution in [0, 0.1) is 0 Å². The second-order valence-electron chi connectivity index (χ2n) is 3.72. The largest absolute Gasteiger partial charge is 0.459 e. The van der Waals surface area contributed by atoms with Crippen LogP contribution in [0.25, 0.3) is 0 Å². The molecule has 1 aromatic carbocycles. The molecule has 6 heteroatoms. The minimum Gasteiger partial charge on any atom is -0.459 e. The van der Waals surface area contributed by atoms with Gasteiger partial charge in [-0.3, -0.25) is 9.59 Å². The van der Waals surface area contributed by atoms with E-state index in [1.165, 1.54) is 42.7 Å². The number of aliphatic hydroxyl groups excluding tert-OH is 1. The van der Waals surface area contributed by atoms with E-state index in [9.17, 15) is 14.7 Å². The van der Waals surface area contributed by atoms with Crippen LogP contribution in [0.2, 0.25) is 5.02 Å². The third kappa shape index (κ3) is 3.21. The third-order valence-corrected chi connectivity index (χ3v) is 2.64. The van der Waals surface area contributed by atoms with Gasteiger partial charge in [0.25, 0.3) is 5.91 Å². The molecule has 19 heavy (non-hydrogen) atoms. The van der Waals surface area contributed by atoms with E-state index in [0.29, 0.717) is 5.02 Å². The standard InChI is InChI=1S/C13H10ClNO4/c14-9-5-3-8(4-6-9)11(16)13(18)15-12(17)10-2-1-7-19-10/h1-7,13,18H,(H,15,17)/t13-/m0/s1. The van der Waals surface area contributed by atoms with Gasteiger partial charge in [-0.25, -0.2) is 0 Å². The van der Waals surface area contributed by atoms with Crippen molar-refractivity contribution >= 4 is 23.3 Å². The molecule has 0 unspecified atom stereocenters. The number of rotatable bonds is 4. The minimum absolute atomic E-state index is 0.0166. The number of benzene rings is 1. The van der Waals surface area contributed by atoms with Gasteiger partial charge in [-0.05, 0) is 36.4 Å². The molecule has 0 spiro atoms. The fraction of sp³-hybridized carbons (Fsp3) is 0.0769. The Kier molecular flexibility index (Phi) is 3.99. The molecule has 0 bridgehead atoms. The molecule has 2 rings (SSSR count). The monoisotopic (exact) mass is 279 g/mol. The Bertz CT molecular complexity index is 577. The molecule has 0 radical (unpaired) electrons. The third-order valence-electron chi connectivity index (χ3n) is 2.39. The summed E-state index contributed by atoms with van der Waals surface area (Å²) in [6.07, 6.45) is -0.318. The molecule has 5 nitrogen and oxygen atoms in total. The Hall–Kier alpha value is -2.11. The molecule has 0 aliphatic carbocycles. The summed E-state index contributed by atoms with van der Waals surface area (Å²) < 4.78 is 4.85. The quantitative estimate of drug-likeness (QED) is 0.661. The molecule has 98 valence electrons. The van der Waals surface area contributed by atoms with Gasteiger partial charge in [0.15, 0.2) is 12.0 Å². The first kappa shape index (κ1) is 13.3. The lowest BCUT2D eigenvalue weighted by atomic mass is 10.1. The van der Waals surface area contributed by atoms with Gasteiger partial charge in [0, 0.05) is 10.6 Å². The van der Waals surface area contributed by atoms with Crippen LogP contribution in [-0.2, 0) is 0 Å². The van der Waals surface area contributed by atoms with Gasteiger partial charge in [0.1, 0.15) is 0 Å². The van der Waals surface area contributed by atoms with Crippen molar-refractivity contribution in [2.24, 2.45) is 0 Å². The van der Waals surface area contributed by atoms with Crippen LogP contribution in [-0.4, -0.2) is 23.0 Å². The second kappa shape index (κ2) is 5.69. The van der Waals surface area contributed by atoms with E-state index in [1.807, 2.05) is 0 Å². The molecule has 1 atom stereocenters. The SMILES string of the molecule is O=C(N[C@@H](O)C(=O)c1ccc(Cl)cc1)c1ccco1. The van der Waals surface area contributed by atoms with Gasteiger partial charge in [-0.1, -0.05) is 11.6 Å². The second-order valence-corrected chi connectivity index (χ2v) is 4.16. The number of carbonyl (C=O) groups is 2. The Morgan fingerprint density at radius 1 is 1.21 bits per heavy atom. The van der Waals surface area contributed by atoms with Gasteiger partial charge in [0.05, 0.1) is 6.26 Å². The highest BCUT2D eigenvalue weighted by Crippen LogP contribution is 2.11. The normalized spacial score (nSPS) is 11.9. The average molecular weight is 280 g/mol. The van der Waals surface area contributed by atoms with E-state index in [2.05, 4.69) is 5.32 Å². The first-order chi connectivity index (χ1) is 9.08. The summed E-state index contributed by atoms with van der Waals surface area (Å²) in [6, 6.07) is 8.93. The fourth-order valence-corrected chi connectivity index (χ4v) is 1.57. The summed E-state index contributed by atoms with van der Waals surface area (Å²) in [5, 5.41) is 12.3. The van der Waals surface area contributed by atoms with Gasteiger partial charge < -0.3 is 14.8 Å². The average Bonchev–Trinajstić information content (AvgIpc) is 2.92. The molecule has 0 saturated carbocycles. The number of nitrogens with one attached hydrogen (secondary N) is 1. The molecule has 0 aliphatic rings. The van der Waals surface area contributed by atoms with Crippen LogP contribution in [0.1, 0.15) is 20.9 Å². The number of furan rings is 1. The van der Waals surface area contributed by atoms with Crippen LogP contribution < -0.4 is 5.32 Å². The van der Waals surface area contributed by atoms with Gasteiger partial charge in [0.2, 0.25) is 5.78 Å². The number of amides is 1. The molecule has 0 fully saturated rings. The summed E-state index contributed by atoms with van der Waals surface area (Å²) in [4.78, 5) is 23.4. The Balaban J connectivity index is 2.03. The minimum atomic E-state index is -1.64. The zero-order valence-electron chi connectivity index (χ0n) is 9.67. The van der Waals surface area contributed by atoms with Crippen molar-refractivity contribution in [3.8, 4) is 0 Å². The zero-order valence-corrected chi connectivity index (χ0v) is 10.4. The summed E-state index contributed by atoms with van der Waals surface area (Å²) in [5.74, 6) is -1.28. The van der Waals surface area contributed by atoms with E-state index < -0.39 is 17.9 Å². The molecule has 1 heterocycles. The number of carbonyl (C=O) groups excluding carboxylic acids is 2. The molecular formula is C13H10ClNO4. The molecule has 1 amide bonds. The first-order valence-electron chi connectivity index (χ1n) is 5.40. The number of aliphatic hydroxyl groups is 1. The van der Waals surface area contributed by atoms with Crippen molar-refractivity contribution in [3.05, 3.63) is 59.0 Å². The van der Waals surface area contributed by atoms with E-state index in [1.54, 1.807) is 0 Å². The van der Waals surface area contributed by atoms with Gasteiger partial charge in [-0.15, -0.1) is 0 Å². The molecule has 0 saturated heterocycles. The first-order valence-corrected chi connectivity index (χ1v) is 5.78.